The van der Waals surface area contributed by atoms with Crippen LogP contribution in [0.5, 0.6) is 0 Å². The molecule has 0 saturated carbocycles. The summed E-state index contributed by atoms with van der Waals surface area (Å²) in [6.07, 6.45) is 0.593. The average molecular weight is 372 g/mol. The molecule has 0 aliphatic carbocycles. The Kier molecular flexibility index (Phi) is 4.99. The molecule has 1 aromatic heterocycles. The van der Waals surface area contributed by atoms with E-state index in [0.717, 1.165) is 4.68 Å². The van der Waals surface area contributed by atoms with E-state index in [4.69, 9.17) is 16.7 Å². The monoisotopic (exact) mass is 371 g/mol. The standard InChI is InChI=1S/C18H14ClN3O4/c19-15-6-4-13(5-7-15)16-20-22(8-9-23)18(26)21(16)11-12-2-1-3-14(10-12)17(24)25/h1-7,9-10H,8,11H2,(H,24,25). The third-order valence-electron chi connectivity index (χ3n) is 3.79. The fourth-order valence-electron chi connectivity index (χ4n) is 2.57. The number of carboxylic acid groups (broad SMARTS) is 1. The number of benzene rings is 2. The van der Waals surface area contributed by atoms with Crippen LogP contribution in [-0.2, 0) is 17.9 Å². The summed E-state index contributed by atoms with van der Waals surface area (Å²) in [4.78, 5) is 34.6. The van der Waals surface area contributed by atoms with Crippen LogP contribution in [0, 0.1) is 0 Å². The number of hydrogen-bond acceptors (Lipinski definition) is 4. The van der Waals surface area contributed by atoms with Gasteiger partial charge in [-0.25, -0.2) is 14.3 Å². The van der Waals surface area contributed by atoms with E-state index in [-0.39, 0.29) is 18.7 Å². The third-order valence-corrected chi connectivity index (χ3v) is 4.04. The topological polar surface area (TPSA) is 94.2 Å². The van der Waals surface area contributed by atoms with Gasteiger partial charge in [0.15, 0.2) is 5.82 Å². The molecule has 132 valence electrons. The van der Waals surface area contributed by atoms with Crippen LogP contribution in [0.2, 0.25) is 5.02 Å². The Morgan fingerprint density at radius 3 is 2.58 bits per heavy atom. The van der Waals surface area contributed by atoms with Crippen LogP contribution in [0.15, 0.2) is 53.3 Å². The van der Waals surface area contributed by atoms with Gasteiger partial charge in [0.1, 0.15) is 12.8 Å². The molecule has 0 aliphatic rings. The predicted octanol–water partition coefficient (Wildman–Crippen LogP) is 2.31. The molecule has 0 atom stereocenters. The lowest BCUT2D eigenvalue weighted by Gasteiger charge is -2.07. The van der Waals surface area contributed by atoms with Crippen LogP contribution in [0.4, 0.5) is 0 Å². The van der Waals surface area contributed by atoms with Crippen molar-refractivity contribution in [3.8, 4) is 11.4 Å². The van der Waals surface area contributed by atoms with Gasteiger partial charge in [0.2, 0.25) is 0 Å². The molecule has 0 spiro atoms. The van der Waals surface area contributed by atoms with Gasteiger partial charge in [-0.05, 0) is 42.0 Å². The number of aromatic carboxylic acids is 1. The molecule has 1 heterocycles. The highest BCUT2D eigenvalue weighted by Crippen LogP contribution is 2.20. The molecule has 3 aromatic rings. The average Bonchev–Trinajstić information content (AvgIpc) is 2.93. The number of rotatable bonds is 6. The molecule has 0 aliphatic heterocycles. The van der Waals surface area contributed by atoms with E-state index < -0.39 is 11.7 Å². The van der Waals surface area contributed by atoms with Crippen LogP contribution in [-0.4, -0.2) is 31.7 Å². The van der Waals surface area contributed by atoms with E-state index in [1.807, 2.05) is 0 Å². The summed E-state index contributed by atoms with van der Waals surface area (Å²) in [6, 6.07) is 13.1. The Hall–Kier alpha value is -3.19. The van der Waals surface area contributed by atoms with Crippen molar-refractivity contribution in [1.82, 2.24) is 14.3 Å². The Labute approximate surface area is 153 Å². The fourth-order valence-corrected chi connectivity index (χ4v) is 2.70. The zero-order chi connectivity index (χ0) is 18.7. The lowest BCUT2D eigenvalue weighted by Crippen LogP contribution is -2.26. The van der Waals surface area contributed by atoms with E-state index >= 15 is 0 Å². The molecule has 7 nitrogen and oxygen atoms in total. The van der Waals surface area contributed by atoms with Crippen LogP contribution in [0.25, 0.3) is 11.4 Å². The summed E-state index contributed by atoms with van der Waals surface area (Å²) in [5, 5.41) is 13.9. The van der Waals surface area contributed by atoms with E-state index in [2.05, 4.69) is 5.10 Å². The van der Waals surface area contributed by atoms with Crippen molar-refractivity contribution < 1.29 is 14.7 Å². The summed E-state index contributed by atoms with van der Waals surface area (Å²) in [5.41, 5.74) is 0.963. The molecule has 0 radical (unpaired) electrons. The molecule has 3 rings (SSSR count). The van der Waals surface area contributed by atoms with Gasteiger partial charge in [-0.1, -0.05) is 23.7 Å². The van der Waals surface area contributed by atoms with Crippen molar-refractivity contribution in [1.29, 1.82) is 0 Å². The van der Waals surface area contributed by atoms with Crippen molar-refractivity contribution in [3.63, 3.8) is 0 Å². The third kappa shape index (κ3) is 3.57. The minimum atomic E-state index is -1.05. The van der Waals surface area contributed by atoms with Gasteiger partial charge in [0.05, 0.1) is 12.1 Å². The number of hydrogen-bond donors (Lipinski definition) is 1. The van der Waals surface area contributed by atoms with Crippen LogP contribution < -0.4 is 5.69 Å². The molecular weight excluding hydrogens is 358 g/mol. The largest absolute Gasteiger partial charge is 0.478 e. The van der Waals surface area contributed by atoms with E-state index in [0.29, 0.717) is 28.3 Å². The van der Waals surface area contributed by atoms with Crippen molar-refractivity contribution in [2.24, 2.45) is 0 Å². The lowest BCUT2D eigenvalue weighted by molar-refractivity contribution is -0.108. The second kappa shape index (κ2) is 7.37. The number of aromatic nitrogens is 3. The Bertz CT molecular complexity index is 1020. The van der Waals surface area contributed by atoms with E-state index in [1.54, 1.807) is 36.4 Å². The first-order chi connectivity index (χ1) is 12.5. The van der Waals surface area contributed by atoms with Gasteiger partial charge in [-0.15, -0.1) is 5.10 Å². The molecule has 0 amide bonds. The maximum atomic E-state index is 12.6. The SMILES string of the molecule is O=CCn1nc(-c2ccc(Cl)cc2)n(Cc2cccc(C(=O)O)c2)c1=O. The van der Waals surface area contributed by atoms with Crippen LogP contribution >= 0.6 is 11.6 Å². The first-order valence-electron chi connectivity index (χ1n) is 7.69. The van der Waals surface area contributed by atoms with E-state index in [1.165, 1.54) is 16.7 Å². The highest BCUT2D eigenvalue weighted by molar-refractivity contribution is 6.30. The van der Waals surface area contributed by atoms with Gasteiger partial charge in [-0.3, -0.25) is 4.57 Å². The van der Waals surface area contributed by atoms with Crippen molar-refractivity contribution in [2.45, 2.75) is 13.1 Å². The summed E-state index contributed by atoms with van der Waals surface area (Å²) < 4.78 is 2.46. The van der Waals surface area contributed by atoms with Gasteiger partial charge in [-0.2, -0.15) is 0 Å². The van der Waals surface area contributed by atoms with Gasteiger partial charge in [0, 0.05) is 10.6 Å². The number of aldehydes is 1. The molecule has 0 saturated heterocycles. The second-order valence-electron chi connectivity index (χ2n) is 5.55. The highest BCUT2D eigenvalue weighted by atomic mass is 35.5. The number of carbonyl (C=O) groups excluding carboxylic acids is 1. The quantitative estimate of drug-likeness (QED) is 0.671. The molecule has 2 aromatic carbocycles. The van der Waals surface area contributed by atoms with Gasteiger partial charge in [0.25, 0.3) is 0 Å². The van der Waals surface area contributed by atoms with Crippen molar-refractivity contribution in [3.05, 3.63) is 75.2 Å². The number of nitrogens with zero attached hydrogens (tertiary/aromatic N) is 3. The van der Waals surface area contributed by atoms with Crippen LogP contribution in [0.3, 0.4) is 0 Å². The number of halogens is 1. The first kappa shape index (κ1) is 17.6. The summed E-state index contributed by atoms with van der Waals surface area (Å²) in [5.74, 6) is -0.678. The minimum absolute atomic E-state index is 0.122. The molecule has 8 heteroatoms. The highest BCUT2D eigenvalue weighted by Gasteiger charge is 2.16. The Morgan fingerprint density at radius 1 is 1.19 bits per heavy atom. The van der Waals surface area contributed by atoms with Gasteiger partial charge < -0.3 is 9.90 Å². The second-order valence-corrected chi connectivity index (χ2v) is 5.99. The summed E-state index contributed by atoms with van der Waals surface area (Å²) in [7, 11) is 0. The number of carbonyl (C=O) groups is 2. The zero-order valence-corrected chi connectivity index (χ0v) is 14.3. The molecular formula is C18H14ClN3O4. The Balaban J connectivity index is 2.08. The first-order valence-corrected chi connectivity index (χ1v) is 8.07. The fraction of sp³-hybridized carbons (Fsp3) is 0.111. The van der Waals surface area contributed by atoms with Crippen molar-refractivity contribution in [2.75, 3.05) is 0 Å². The van der Waals surface area contributed by atoms with E-state index in [9.17, 15) is 14.4 Å². The normalized spacial score (nSPS) is 10.7. The summed E-state index contributed by atoms with van der Waals surface area (Å²) >= 11 is 5.91. The molecule has 26 heavy (non-hydrogen) atoms. The maximum Gasteiger partial charge on any atom is 0.346 e. The zero-order valence-electron chi connectivity index (χ0n) is 13.5. The molecule has 0 bridgehead atoms. The lowest BCUT2D eigenvalue weighted by atomic mass is 10.1. The van der Waals surface area contributed by atoms with Crippen molar-refractivity contribution >= 4 is 23.9 Å². The Morgan fingerprint density at radius 2 is 1.92 bits per heavy atom. The number of carboxylic acids is 1. The smallest absolute Gasteiger partial charge is 0.346 e. The molecule has 1 N–H and O–H groups in total. The summed E-state index contributed by atoms with van der Waals surface area (Å²) in [6.45, 7) is -0.0433. The van der Waals surface area contributed by atoms with Gasteiger partial charge >= 0.3 is 11.7 Å². The predicted molar refractivity (Wildman–Crippen MR) is 95.5 cm³/mol. The molecule has 0 fully saturated rings. The maximum absolute atomic E-state index is 12.6. The molecule has 0 unspecified atom stereocenters. The van der Waals surface area contributed by atoms with Crippen LogP contribution in [0.1, 0.15) is 15.9 Å². The minimum Gasteiger partial charge on any atom is -0.478 e.